The lowest BCUT2D eigenvalue weighted by atomic mass is 10.1. The number of hydrogen-bond acceptors (Lipinski definition) is 6. The summed E-state index contributed by atoms with van der Waals surface area (Å²) >= 11 is 12.6. The molecule has 0 radical (unpaired) electrons. The molecule has 252 valence electrons. The fourth-order valence-corrected chi connectivity index (χ4v) is 6.57. The summed E-state index contributed by atoms with van der Waals surface area (Å²) in [5.41, 5.74) is 1.50. The summed E-state index contributed by atoms with van der Waals surface area (Å²) in [5, 5.41) is 2.11. The number of esters is 1. The third kappa shape index (κ3) is 10.9. The minimum atomic E-state index is -0.701. The van der Waals surface area contributed by atoms with Crippen molar-refractivity contribution >= 4 is 45.8 Å². The predicted molar refractivity (Wildman–Crippen MR) is 191 cm³/mol. The zero-order valence-corrected chi connectivity index (χ0v) is 29.2. The van der Waals surface area contributed by atoms with E-state index >= 15 is 0 Å². The van der Waals surface area contributed by atoms with Crippen LogP contribution in [-0.2, 0) is 9.53 Å². The van der Waals surface area contributed by atoms with E-state index in [0.717, 1.165) is 75.9 Å². The monoisotopic (exact) mass is 671 g/mol. The van der Waals surface area contributed by atoms with Gasteiger partial charge in [0.2, 0.25) is 0 Å². The highest BCUT2D eigenvalue weighted by atomic mass is 35.5. The third-order valence-corrected chi connectivity index (χ3v) is 9.64. The summed E-state index contributed by atoms with van der Waals surface area (Å²) in [5.74, 6) is 0.438. The van der Waals surface area contributed by atoms with Crippen LogP contribution in [0.3, 0.4) is 0 Å². The number of hydrogen-bond donors (Lipinski definition) is 0. The molecule has 7 nitrogen and oxygen atoms in total. The maximum Gasteiger partial charge on any atom is 0.307 e. The standard InChI is InChI=1S/C37H51Cl2N3O4/c1-3-4-5-6-7-8-9-10-11-17-36(44)46-29(2)42-34-28-31(20-18-30(34)19-21-35(42)43)45-27-13-12-22-40-23-25-41(26-24-40)33-16-14-15-32(38)37(33)39/h14-16,18-21,28-29H,3-13,17,22-27H2,1-2H3. The summed E-state index contributed by atoms with van der Waals surface area (Å²) < 4.78 is 13.4. The Kier molecular flexibility index (Phi) is 15.0. The maximum absolute atomic E-state index is 12.9. The largest absolute Gasteiger partial charge is 0.494 e. The van der Waals surface area contributed by atoms with Gasteiger partial charge in [0.1, 0.15) is 5.75 Å². The van der Waals surface area contributed by atoms with Crippen LogP contribution in [0.25, 0.3) is 10.9 Å². The van der Waals surface area contributed by atoms with Gasteiger partial charge in [-0.15, -0.1) is 0 Å². The van der Waals surface area contributed by atoms with Gasteiger partial charge in [0, 0.05) is 44.7 Å². The Morgan fingerprint density at radius 1 is 0.848 bits per heavy atom. The average molecular weight is 673 g/mol. The van der Waals surface area contributed by atoms with Crippen LogP contribution in [0.15, 0.2) is 53.3 Å². The second-order valence-corrected chi connectivity index (χ2v) is 13.2. The molecule has 0 aliphatic carbocycles. The van der Waals surface area contributed by atoms with Crippen molar-refractivity contribution in [2.75, 3.05) is 44.2 Å². The molecule has 0 bridgehead atoms. The van der Waals surface area contributed by atoms with E-state index in [1.807, 2.05) is 36.4 Å². The van der Waals surface area contributed by atoms with Crippen molar-refractivity contribution in [3.05, 3.63) is 68.9 Å². The molecule has 1 aliphatic heterocycles. The topological polar surface area (TPSA) is 64.0 Å². The molecule has 1 aliphatic rings. The van der Waals surface area contributed by atoms with E-state index in [1.54, 1.807) is 17.6 Å². The summed E-state index contributed by atoms with van der Waals surface area (Å²) in [7, 11) is 0. The summed E-state index contributed by atoms with van der Waals surface area (Å²) in [6.45, 7) is 9.39. The molecule has 0 saturated carbocycles. The molecule has 46 heavy (non-hydrogen) atoms. The molecule has 0 spiro atoms. The van der Waals surface area contributed by atoms with Crippen LogP contribution in [0, 0.1) is 0 Å². The smallest absolute Gasteiger partial charge is 0.307 e. The van der Waals surface area contributed by atoms with Gasteiger partial charge in [0.25, 0.3) is 5.56 Å². The van der Waals surface area contributed by atoms with Gasteiger partial charge in [-0.3, -0.25) is 19.1 Å². The summed E-state index contributed by atoms with van der Waals surface area (Å²) in [4.78, 5) is 30.3. The second kappa shape index (κ2) is 19.2. The number of fused-ring (bicyclic) bond motifs is 1. The Morgan fingerprint density at radius 3 is 2.28 bits per heavy atom. The van der Waals surface area contributed by atoms with Gasteiger partial charge >= 0.3 is 5.97 Å². The van der Waals surface area contributed by atoms with E-state index in [1.165, 1.54) is 44.6 Å². The fraction of sp³-hybridized carbons (Fsp3) is 0.568. The normalized spacial score (nSPS) is 14.5. The van der Waals surface area contributed by atoms with Gasteiger partial charge in [-0.1, -0.05) is 87.6 Å². The number of unbranched alkanes of at least 4 members (excludes halogenated alkanes) is 9. The molecule has 1 fully saturated rings. The number of rotatable bonds is 19. The number of ether oxygens (including phenoxy) is 2. The van der Waals surface area contributed by atoms with Crippen LogP contribution in [0.5, 0.6) is 5.75 Å². The molecule has 1 saturated heterocycles. The number of nitrogens with zero attached hydrogens (tertiary/aromatic N) is 3. The zero-order chi connectivity index (χ0) is 32.7. The summed E-state index contributed by atoms with van der Waals surface area (Å²) in [6, 6.07) is 14.9. The second-order valence-electron chi connectivity index (χ2n) is 12.4. The van der Waals surface area contributed by atoms with Crippen molar-refractivity contribution in [1.82, 2.24) is 9.47 Å². The number of halogens is 2. The van der Waals surface area contributed by atoms with E-state index in [-0.39, 0.29) is 11.5 Å². The fourth-order valence-electron chi connectivity index (χ4n) is 6.16. The molecule has 1 atom stereocenters. The number of pyridine rings is 1. The number of anilines is 1. The Balaban J connectivity index is 1.18. The Hall–Kier alpha value is -2.74. The minimum Gasteiger partial charge on any atom is -0.494 e. The molecular formula is C37H51Cl2N3O4. The number of piperazine rings is 1. The molecule has 1 unspecified atom stereocenters. The first-order valence-corrected chi connectivity index (χ1v) is 18.0. The van der Waals surface area contributed by atoms with E-state index in [9.17, 15) is 9.59 Å². The lowest BCUT2D eigenvalue weighted by Crippen LogP contribution is -2.46. The Labute approximate surface area is 284 Å². The van der Waals surface area contributed by atoms with E-state index in [0.29, 0.717) is 34.3 Å². The SMILES string of the molecule is CCCCCCCCCCCC(=O)OC(C)n1c(=O)ccc2ccc(OCCCCN3CCN(c4cccc(Cl)c4Cl)CC3)cc21. The van der Waals surface area contributed by atoms with Gasteiger partial charge in [0.05, 0.1) is 27.9 Å². The van der Waals surface area contributed by atoms with Crippen LogP contribution in [0.1, 0.15) is 97.1 Å². The van der Waals surface area contributed by atoms with Gasteiger partial charge in [-0.05, 0) is 68.4 Å². The van der Waals surface area contributed by atoms with Crippen molar-refractivity contribution in [1.29, 1.82) is 0 Å². The molecule has 2 aromatic carbocycles. The predicted octanol–water partition coefficient (Wildman–Crippen LogP) is 9.27. The molecule has 1 aromatic heterocycles. The number of carbonyl (C=O) groups excluding carboxylic acids is 1. The van der Waals surface area contributed by atoms with E-state index in [2.05, 4.69) is 16.7 Å². The van der Waals surface area contributed by atoms with Gasteiger partial charge < -0.3 is 14.4 Å². The number of benzene rings is 2. The lowest BCUT2D eigenvalue weighted by molar-refractivity contribution is -0.152. The molecule has 0 N–H and O–H groups in total. The zero-order valence-electron chi connectivity index (χ0n) is 27.7. The molecule has 3 aromatic rings. The number of carbonyl (C=O) groups is 1. The quantitative estimate of drug-likeness (QED) is 0.0935. The minimum absolute atomic E-state index is 0.203. The van der Waals surface area contributed by atoms with Crippen LogP contribution < -0.4 is 15.2 Å². The third-order valence-electron chi connectivity index (χ3n) is 8.84. The van der Waals surface area contributed by atoms with E-state index < -0.39 is 6.23 Å². The van der Waals surface area contributed by atoms with Crippen LogP contribution in [0.2, 0.25) is 10.0 Å². The molecule has 4 rings (SSSR count). The van der Waals surface area contributed by atoms with E-state index in [4.69, 9.17) is 32.7 Å². The molecule has 2 heterocycles. The highest BCUT2D eigenvalue weighted by Gasteiger charge is 2.20. The number of aromatic nitrogens is 1. The highest BCUT2D eigenvalue weighted by Crippen LogP contribution is 2.33. The van der Waals surface area contributed by atoms with Crippen LogP contribution >= 0.6 is 23.2 Å². The van der Waals surface area contributed by atoms with Gasteiger partial charge in [-0.2, -0.15) is 0 Å². The lowest BCUT2D eigenvalue weighted by Gasteiger charge is -2.36. The van der Waals surface area contributed by atoms with Crippen molar-refractivity contribution in [3.63, 3.8) is 0 Å². The Morgan fingerprint density at radius 2 is 1.54 bits per heavy atom. The van der Waals surface area contributed by atoms with Crippen LogP contribution in [0.4, 0.5) is 5.69 Å². The van der Waals surface area contributed by atoms with Crippen molar-refractivity contribution in [3.8, 4) is 5.75 Å². The first-order valence-electron chi connectivity index (χ1n) is 17.3. The first kappa shape index (κ1) is 36.1. The maximum atomic E-state index is 12.9. The average Bonchev–Trinajstić information content (AvgIpc) is 3.05. The molecule has 9 heteroatoms. The highest BCUT2D eigenvalue weighted by molar-refractivity contribution is 6.43. The molecular weight excluding hydrogens is 621 g/mol. The van der Waals surface area contributed by atoms with Crippen molar-refractivity contribution in [2.45, 2.75) is 97.1 Å². The first-order chi connectivity index (χ1) is 22.4. The molecule has 0 amide bonds. The Bertz CT molecular complexity index is 1440. The van der Waals surface area contributed by atoms with Gasteiger partial charge in [0.15, 0.2) is 6.23 Å². The van der Waals surface area contributed by atoms with Crippen LogP contribution in [-0.4, -0.2) is 54.8 Å². The summed E-state index contributed by atoms with van der Waals surface area (Å²) in [6.07, 6.45) is 12.3. The van der Waals surface area contributed by atoms with Gasteiger partial charge in [-0.25, -0.2) is 0 Å². The van der Waals surface area contributed by atoms with Crippen molar-refractivity contribution in [2.24, 2.45) is 0 Å². The van der Waals surface area contributed by atoms with Crippen molar-refractivity contribution < 1.29 is 14.3 Å².